The molecule has 2 aromatic rings. The number of nitrogens with two attached hydrogens (primary N) is 2. The van der Waals surface area contributed by atoms with Gasteiger partial charge in [0.05, 0.1) is 5.25 Å². The molecule has 2 rings (SSSR count). The Kier molecular flexibility index (Phi) is 3.75. The van der Waals surface area contributed by atoms with Crippen molar-refractivity contribution >= 4 is 17.7 Å². The van der Waals surface area contributed by atoms with Crippen LogP contribution in [0.5, 0.6) is 0 Å². The standard InChI is InChI=1S/C12H15N5OS/c1-7-3-5-9(6-4-7)11-15-16-12(17(11)14)19-8(2)10(13)18/h3-6,8H,14H2,1-2H3,(H2,13,18). The van der Waals surface area contributed by atoms with Crippen molar-refractivity contribution in [2.75, 3.05) is 5.84 Å². The zero-order valence-electron chi connectivity index (χ0n) is 10.7. The fourth-order valence-corrected chi connectivity index (χ4v) is 2.19. The Hall–Kier alpha value is -2.02. The molecule has 1 amide bonds. The lowest BCUT2D eigenvalue weighted by atomic mass is 10.1. The Morgan fingerprint density at radius 2 is 1.95 bits per heavy atom. The number of nitrogen functional groups attached to an aromatic ring is 1. The van der Waals surface area contributed by atoms with Crippen LogP contribution < -0.4 is 11.6 Å². The summed E-state index contributed by atoms with van der Waals surface area (Å²) in [5, 5.41) is 8.08. The van der Waals surface area contributed by atoms with Gasteiger partial charge in [0.2, 0.25) is 11.1 Å². The molecule has 1 unspecified atom stereocenters. The lowest BCUT2D eigenvalue weighted by molar-refractivity contribution is -0.117. The number of carbonyl (C=O) groups is 1. The molecule has 0 fully saturated rings. The van der Waals surface area contributed by atoms with Crippen LogP contribution in [-0.2, 0) is 4.79 Å². The average Bonchev–Trinajstić information content (AvgIpc) is 2.72. The highest BCUT2D eigenvalue weighted by molar-refractivity contribution is 8.00. The summed E-state index contributed by atoms with van der Waals surface area (Å²) in [7, 11) is 0. The van der Waals surface area contributed by atoms with E-state index in [0.29, 0.717) is 11.0 Å². The molecule has 6 nitrogen and oxygen atoms in total. The van der Waals surface area contributed by atoms with Crippen molar-refractivity contribution in [1.29, 1.82) is 0 Å². The second kappa shape index (κ2) is 5.31. The molecule has 100 valence electrons. The molecule has 1 heterocycles. The van der Waals surface area contributed by atoms with Gasteiger partial charge in [0.15, 0.2) is 5.82 Å². The Morgan fingerprint density at radius 3 is 2.53 bits per heavy atom. The summed E-state index contributed by atoms with van der Waals surface area (Å²) in [6.45, 7) is 3.71. The second-order valence-corrected chi connectivity index (χ2v) is 5.51. The molecule has 1 aromatic carbocycles. The van der Waals surface area contributed by atoms with Crippen LogP contribution in [0.3, 0.4) is 0 Å². The number of benzene rings is 1. The van der Waals surface area contributed by atoms with Crippen LogP contribution in [0, 0.1) is 6.92 Å². The first-order valence-corrected chi connectivity index (χ1v) is 6.60. The highest BCUT2D eigenvalue weighted by Crippen LogP contribution is 2.24. The first-order valence-electron chi connectivity index (χ1n) is 5.72. The quantitative estimate of drug-likeness (QED) is 0.639. The van der Waals surface area contributed by atoms with Gasteiger partial charge < -0.3 is 11.6 Å². The van der Waals surface area contributed by atoms with Crippen LogP contribution in [0.4, 0.5) is 0 Å². The predicted octanol–water partition coefficient (Wildman–Crippen LogP) is 0.933. The lowest BCUT2D eigenvalue weighted by Gasteiger charge is -2.06. The third-order valence-corrected chi connectivity index (χ3v) is 3.73. The van der Waals surface area contributed by atoms with Crippen molar-refractivity contribution in [2.45, 2.75) is 24.3 Å². The van der Waals surface area contributed by atoms with Gasteiger partial charge in [-0.25, -0.2) is 4.68 Å². The fraction of sp³-hybridized carbons (Fsp3) is 0.250. The lowest BCUT2D eigenvalue weighted by Crippen LogP contribution is -2.23. The van der Waals surface area contributed by atoms with Gasteiger partial charge in [-0.05, 0) is 13.8 Å². The maximum Gasteiger partial charge on any atom is 0.230 e. The Balaban J connectivity index is 2.27. The highest BCUT2D eigenvalue weighted by atomic mass is 32.2. The molecule has 7 heteroatoms. The Labute approximate surface area is 115 Å². The van der Waals surface area contributed by atoms with Crippen LogP contribution in [0.2, 0.25) is 0 Å². The molecular weight excluding hydrogens is 262 g/mol. The third-order valence-electron chi connectivity index (χ3n) is 2.66. The van der Waals surface area contributed by atoms with Crippen LogP contribution in [0.25, 0.3) is 11.4 Å². The number of primary amides is 1. The fourth-order valence-electron chi connectivity index (χ4n) is 1.47. The van der Waals surface area contributed by atoms with E-state index < -0.39 is 11.2 Å². The van der Waals surface area contributed by atoms with E-state index in [1.54, 1.807) is 6.92 Å². The van der Waals surface area contributed by atoms with Gasteiger partial charge in [-0.1, -0.05) is 41.6 Å². The summed E-state index contributed by atoms with van der Waals surface area (Å²) in [6, 6.07) is 7.80. The van der Waals surface area contributed by atoms with Gasteiger partial charge in [-0.15, -0.1) is 10.2 Å². The summed E-state index contributed by atoms with van der Waals surface area (Å²) < 4.78 is 1.37. The van der Waals surface area contributed by atoms with Crippen molar-refractivity contribution in [2.24, 2.45) is 5.73 Å². The molecule has 0 aliphatic rings. The van der Waals surface area contributed by atoms with E-state index in [9.17, 15) is 4.79 Å². The molecule has 4 N–H and O–H groups in total. The van der Waals surface area contributed by atoms with Gasteiger partial charge in [-0.2, -0.15) is 0 Å². The molecule has 1 aromatic heterocycles. The summed E-state index contributed by atoms with van der Waals surface area (Å²) in [5.74, 6) is 6.08. The largest absolute Gasteiger partial charge is 0.369 e. The van der Waals surface area contributed by atoms with Gasteiger partial charge in [0.1, 0.15) is 0 Å². The maximum atomic E-state index is 11.0. The first-order chi connectivity index (χ1) is 8.99. The number of rotatable bonds is 4. The summed E-state index contributed by atoms with van der Waals surface area (Å²) >= 11 is 1.19. The number of amides is 1. The third kappa shape index (κ3) is 2.87. The summed E-state index contributed by atoms with van der Waals surface area (Å²) in [5.41, 5.74) is 7.24. The minimum Gasteiger partial charge on any atom is -0.369 e. The zero-order valence-corrected chi connectivity index (χ0v) is 11.5. The normalized spacial score (nSPS) is 12.3. The van der Waals surface area contributed by atoms with Crippen LogP contribution in [0.1, 0.15) is 12.5 Å². The van der Waals surface area contributed by atoms with Crippen molar-refractivity contribution in [1.82, 2.24) is 14.9 Å². The van der Waals surface area contributed by atoms with Crippen molar-refractivity contribution < 1.29 is 4.79 Å². The molecular formula is C12H15N5OS. The molecule has 0 aliphatic heterocycles. The van der Waals surface area contributed by atoms with E-state index in [1.165, 1.54) is 16.4 Å². The minimum atomic E-state index is -0.412. The molecule has 0 bridgehead atoms. The van der Waals surface area contributed by atoms with Gasteiger partial charge in [0.25, 0.3) is 0 Å². The number of hydrogen-bond donors (Lipinski definition) is 2. The zero-order chi connectivity index (χ0) is 14.0. The number of thioether (sulfide) groups is 1. The summed E-state index contributed by atoms with van der Waals surface area (Å²) in [6.07, 6.45) is 0. The molecule has 0 saturated carbocycles. The molecule has 19 heavy (non-hydrogen) atoms. The van der Waals surface area contributed by atoms with E-state index in [4.69, 9.17) is 11.6 Å². The van der Waals surface area contributed by atoms with E-state index in [-0.39, 0.29) is 0 Å². The average molecular weight is 277 g/mol. The minimum absolute atomic E-state index is 0.405. The van der Waals surface area contributed by atoms with E-state index in [0.717, 1.165) is 11.1 Å². The number of nitrogens with zero attached hydrogens (tertiary/aromatic N) is 3. The SMILES string of the molecule is Cc1ccc(-c2nnc(SC(C)C(N)=O)n2N)cc1. The smallest absolute Gasteiger partial charge is 0.230 e. The van der Waals surface area contributed by atoms with E-state index in [2.05, 4.69) is 10.2 Å². The van der Waals surface area contributed by atoms with Crippen molar-refractivity contribution in [3.05, 3.63) is 29.8 Å². The number of carbonyl (C=O) groups excluding carboxylic acids is 1. The number of hydrogen-bond acceptors (Lipinski definition) is 5. The molecule has 0 saturated heterocycles. The summed E-state index contributed by atoms with van der Waals surface area (Å²) in [4.78, 5) is 11.0. The first kappa shape index (κ1) is 13.4. The van der Waals surface area contributed by atoms with Gasteiger partial charge in [-0.3, -0.25) is 4.79 Å². The molecule has 0 aliphatic carbocycles. The Morgan fingerprint density at radius 1 is 1.32 bits per heavy atom. The van der Waals surface area contributed by atoms with Crippen molar-refractivity contribution in [3.63, 3.8) is 0 Å². The highest BCUT2D eigenvalue weighted by Gasteiger charge is 2.17. The molecule has 1 atom stereocenters. The maximum absolute atomic E-state index is 11.0. The number of aryl methyl sites for hydroxylation is 1. The van der Waals surface area contributed by atoms with Gasteiger partial charge in [0, 0.05) is 5.56 Å². The van der Waals surface area contributed by atoms with Crippen LogP contribution in [-0.4, -0.2) is 26.0 Å². The van der Waals surface area contributed by atoms with E-state index >= 15 is 0 Å². The van der Waals surface area contributed by atoms with Crippen molar-refractivity contribution in [3.8, 4) is 11.4 Å². The second-order valence-electron chi connectivity index (χ2n) is 4.20. The van der Waals surface area contributed by atoms with E-state index in [1.807, 2.05) is 31.2 Å². The monoisotopic (exact) mass is 277 g/mol. The Bertz CT molecular complexity index is 593. The van der Waals surface area contributed by atoms with Crippen LogP contribution in [0.15, 0.2) is 29.4 Å². The topological polar surface area (TPSA) is 99.8 Å². The van der Waals surface area contributed by atoms with Crippen LogP contribution >= 0.6 is 11.8 Å². The van der Waals surface area contributed by atoms with Gasteiger partial charge >= 0.3 is 0 Å². The number of aromatic nitrogens is 3. The molecule has 0 radical (unpaired) electrons. The predicted molar refractivity (Wildman–Crippen MR) is 74.9 cm³/mol. The molecule has 0 spiro atoms.